The van der Waals surface area contributed by atoms with Crippen LogP contribution in [0.4, 0.5) is 0 Å². The summed E-state index contributed by atoms with van der Waals surface area (Å²) in [5.41, 5.74) is 4.67. The van der Waals surface area contributed by atoms with Crippen molar-refractivity contribution in [3.05, 3.63) is 72.9 Å². The van der Waals surface area contributed by atoms with Gasteiger partial charge in [0.05, 0.1) is 23.8 Å². The molecule has 0 unspecified atom stereocenters. The molecule has 3 aromatic carbocycles. The quantitative estimate of drug-likeness (QED) is 0.431. The highest BCUT2D eigenvalue weighted by atomic mass is 16.7. The molecule has 2 aromatic heterocycles. The normalized spacial score (nSPS) is 12.6. The van der Waals surface area contributed by atoms with Crippen molar-refractivity contribution in [2.45, 2.75) is 0 Å². The highest BCUT2D eigenvalue weighted by molar-refractivity contribution is 6.09. The number of fused-ring (bicyclic) bond motifs is 4. The molecule has 1 aliphatic heterocycles. The number of rotatable bonds is 3. The van der Waals surface area contributed by atoms with E-state index in [1.54, 1.807) is 7.11 Å². The van der Waals surface area contributed by atoms with E-state index in [4.69, 9.17) is 24.3 Å². The summed E-state index contributed by atoms with van der Waals surface area (Å²) in [5, 5.41) is 6.93. The van der Waals surface area contributed by atoms with Crippen LogP contribution in [-0.2, 0) is 0 Å². The predicted octanol–water partition coefficient (Wildman–Crippen LogP) is 4.98. The van der Waals surface area contributed by atoms with Crippen LogP contribution in [0.15, 0.2) is 72.9 Å². The zero-order valence-corrected chi connectivity index (χ0v) is 16.2. The van der Waals surface area contributed by atoms with Crippen LogP contribution in [0.25, 0.3) is 38.8 Å². The minimum absolute atomic E-state index is 0.224. The summed E-state index contributed by atoms with van der Waals surface area (Å²) in [6, 6.07) is 21.9. The van der Waals surface area contributed by atoms with Crippen LogP contribution in [0.1, 0.15) is 0 Å². The van der Waals surface area contributed by atoms with Crippen LogP contribution >= 0.6 is 0 Å². The van der Waals surface area contributed by atoms with Crippen molar-refractivity contribution in [2.75, 3.05) is 13.9 Å². The van der Waals surface area contributed by atoms with Crippen LogP contribution in [0.3, 0.4) is 0 Å². The van der Waals surface area contributed by atoms with E-state index in [-0.39, 0.29) is 6.79 Å². The van der Waals surface area contributed by atoms with Crippen molar-refractivity contribution in [1.82, 2.24) is 14.8 Å². The summed E-state index contributed by atoms with van der Waals surface area (Å²) in [6.07, 6.45) is 1.88. The lowest BCUT2D eigenvalue weighted by Gasteiger charge is -2.08. The third kappa shape index (κ3) is 2.50. The van der Waals surface area contributed by atoms with Crippen LogP contribution < -0.4 is 14.2 Å². The molecule has 0 amide bonds. The molecule has 0 saturated carbocycles. The predicted molar refractivity (Wildman–Crippen MR) is 114 cm³/mol. The topological polar surface area (TPSA) is 58.4 Å². The minimum Gasteiger partial charge on any atom is -0.497 e. The van der Waals surface area contributed by atoms with Crippen molar-refractivity contribution in [3.63, 3.8) is 0 Å². The fourth-order valence-corrected chi connectivity index (χ4v) is 3.89. The Kier molecular flexibility index (Phi) is 3.64. The zero-order chi connectivity index (χ0) is 20.1. The monoisotopic (exact) mass is 395 g/mol. The Morgan fingerprint density at radius 3 is 2.43 bits per heavy atom. The molecule has 5 aromatic rings. The molecular formula is C24H17N3O3. The summed E-state index contributed by atoms with van der Waals surface area (Å²) in [5.74, 6) is 2.24. The van der Waals surface area contributed by atoms with Gasteiger partial charge in [-0.2, -0.15) is 5.10 Å². The Labute approximate surface area is 172 Å². The summed E-state index contributed by atoms with van der Waals surface area (Å²) in [4.78, 5) is 4.70. The number of aromatic nitrogens is 3. The molecular weight excluding hydrogens is 378 g/mol. The maximum atomic E-state index is 5.63. The molecule has 0 aliphatic carbocycles. The Balaban J connectivity index is 1.70. The van der Waals surface area contributed by atoms with Gasteiger partial charge in [0.15, 0.2) is 11.5 Å². The molecule has 0 radical (unpaired) electrons. The fraction of sp³-hybridized carbons (Fsp3) is 0.0833. The van der Waals surface area contributed by atoms with Gasteiger partial charge in [-0.25, -0.2) is 4.68 Å². The first-order valence-electron chi connectivity index (χ1n) is 9.63. The van der Waals surface area contributed by atoms with Crippen molar-refractivity contribution in [1.29, 1.82) is 0 Å². The van der Waals surface area contributed by atoms with E-state index in [9.17, 15) is 0 Å². The number of methoxy groups -OCH3 is 1. The molecule has 146 valence electrons. The van der Waals surface area contributed by atoms with E-state index in [1.807, 2.05) is 65.5 Å². The molecule has 30 heavy (non-hydrogen) atoms. The molecule has 6 rings (SSSR count). The van der Waals surface area contributed by atoms with Crippen LogP contribution in [0.5, 0.6) is 17.2 Å². The van der Waals surface area contributed by atoms with E-state index >= 15 is 0 Å². The van der Waals surface area contributed by atoms with Gasteiger partial charge in [0.2, 0.25) is 6.79 Å². The van der Waals surface area contributed by atoms with Gasteiger partial charge in [-0.1, -0.05) is 30.3 Å². The van der Waals surface area contributed by atoms with Gasteiger partial charge in [-0.3, -0.25) is 4.98 Å². The first kappa shape index (κ1) is 16.9. The summed E-state index contributed by atoms with van der Waals surface area (Å²) in [7, 11) is 1.66. The number of ether oxygens (including phenoxy) is 3. The summed E-state index contributed by atoms with van der Waals surface area (Å²) >= 11 is 0. The highest BCUT2D eigenvalue weighted by Gasteiger charge is 2.21. The number of benzene rings is 3. The lowest BCUT2D eigenvalue weighted by molar-refractivity contribution is 0.174. The number of hydrogen-bond acceptors (Lipinski definition) is 5. The maximum Gasteiger partial charge on any atom is 0.231 e. The Hall–Kier alpha value is -4.06. The number of nitrogens with zero attached hydrogens (tertiary/aromatic N) is 3. The van der Waals surface area contributed by atoms with E-state index in [2.05, 4.69) is 12.1 Å². The van der Waals surface area contributed by atoms with Gasteiger partial charge in [0.1, 0.15) is 11.4 Å². The van der Waals surface area contributed by atoms with Gasteiger partial charge < -0.3 is 14.2 Å². The lowest BCUT2D eigenvalue weighted by atomic mass is 10.1. The SMILES string of the molecule is COc1ccc(-n2nc(-c3ccccc3)c3cnc4cc5c(cc4c32)OCO5)cc1. The molecule has 0 spiro atoms. The van der Waals surface area contributed by atoms with Crippen molar-refractivity contribution in [3.8, 4) is 34.2 Å². The van der Waals surface area contributed by atoms with Gasteiger partial charge in [-0.15, -0.1) is 0 Å². The van der Waals surface area contributed by atoms with Crippen LogP contribution in [0.2, 0.25) is 0 Å². The average molecular weight is 395 g/mol. The highest BCUT2D eigenvalue weighted by Crippen LogP contribution is 2.40. The zero-order valence-electron chi connectivity index (χ0n) is 16.2. The van der Waals surface area contributed by atoms with Crippen molar-refractivity contribution < 1.29 is 14.2 Å². The van der Waals surface area contributed by atoms with Gasteiger partial charge >= 0.3 is 0 Å². The Morgan fingerprint density at radius 1 is 0.900 bits per heavy atom. The summed E-state index contributed by atoms with van der Waals surface area (Å²) < 4.78 is 18.4. The molecule has 0 bridgehead atoms. The molecule has 0 fully saturated rings. The maximum absolute atomic E-state index is 5.63. The fourth-order valence-electron chi connectivity index (χ4n) is 3.89. The van der Waals surface area contributed by atoms with Crippen molar-refractivity contribution >= 4 is 21.8 Å². The standard InChI is InChI=1S/C24H17N3O3/c1-28-17-9-7-16(8-10-17)27-24-18-11-21-22(30-14-29-21)12-20(18)25-13-19(24)23(26-27)15-5-3-2-4-6-15/h2-13H,14H2,1H3. The lowest BCUT2D eigenvalue weighted by Crippen LogP contribution is -1.97. The average Bonchev–Trinajstić information content (AvgIpc) is 3.42. The van der Waals surface area contributed by atoms with Crippen LogP contribution in [-0.4, -0.2) is 28.7 Å². The van der Waals surface area contributed by atoms with Gasteiger partial charge in [-0.05, 0) is 30.3 Å². The van der Waals surface area contributed by atoms with E-state index in [1.165, 1.54) is 0 Å². The van der Waals surface area contributed by atoms with E-state index in [0.717, 1.165) is 50.2 Å². The second-order valence-electron chi connectivity index (χ2n) is 7.07. The minimum atomic E-state index is 0.224. The molecule has 0 N–H and O–H groups in total. The third-order valence-corrected chi connectivity index (χ3v) is 5.37. The number of hydrogen-bond donors (Lipinski definition) is 0. The largest absolute Gasteiger partial charge is 0.497 e. The molecule has 6 heteroatoms. The first-order valence-corrected chi connectivity index (χ1v) is 9.63. The molecule has 6 nitrogen and oxygen atoms in total. The molecule has 1 aliphatic rings. The second kappa shape index (κ2) is 6.49. The first-order chi connectivity index (χ1) is 14.8. The third-order valence-electron chi connectivity index (χ3n) is 5.37. The smallest absolute Gasteiger partial charge is 0.231 e. The van der Waals surface area contributed by atoms with Crippen molar-refractivity contribution in [2.24, 2.45) is 0 Å². The Morgan fingerprint density at radius 2 is 1.67 bits per heavy atom. The Bertz CT molecular complexity index is 1390. The molecule has 3 heterocycles. The van der Waals surface area contributed by atoms with E-state index in [0.29, 0.717) is 5.75 Å². The van der Waals surface area contributed by atoms with Crippen LogP contribution in [0, 0.1) is 0 Å². The summed E-state index contributed by atoms with van der Waals surface area (Å²) in [6.45, 7) is 0.224. The second-order valence-corrected chi connectivity index (χ2v) is 7.07. The molecule has 0 saturated heterocycles. The van der Waals surface area contributed by atoms with Gasteiger partial charge in [0, 0.05) is 28.6 Å². The van der Waals surface area contributed by atoms with Gasteiger partial charge in [0.25, 0.3) is 0 Å². The molecule has 0 atom stereocenters. The number of pyridine rings is 1. The van der Waals surface area contributed by atoms with E-state index < -0.39 is 0 Å².